The van der Waals surface area contributed by atoms with Gasteiger partial charge in [0.05, 0.1) is 16.2 Å². The molecule has 2 heterocycles. The van der Waals surface area contributed by atoms with Crippen molar-refractivity contribution in [2.24, 2.45) is 0 Å². The first kappa shape index (κ1) is 26.4. The van der Waals surface area contributed by atoms with Gasteiger partial charge in [0, 0.05) is 25.1 Å². The predicted octanol–water partition coefficient (Wildman–Crippen LogP) is 6.00. The molecular weight excluding hydrogens is 468 g/mol. The fourth-order valence-electron chi connectivity index (χ4n) is 4.39. The molecule has 0 aromatic heterocycles. The number of thiocarbonyl (C=S) groups is 1. The van der Waals surface area contributed by atoms with Gasteiger partial charge in [0.15, 0.2) is 0 Å². The molecule has 0 aliphatic carbocycles. The van der Waals surface area contributed by atoms with E-state index in [1.807, 2.05) is 24.3 Å². The molecule has 8 heteroatoms. The highest BCUT2D eigenvalue weighted by Gasteiger charge is 2.41. The van der Waals surface area contributed by atoms with Gasteiger partial charge in [-0.1, -0.05) is 94.0 Å². The van der Waals surface area contributed by atoms with Gasteiger partial charge in [-0.05, 0) is 25.3 Å². The monoisotopic (exact) mass is 502 g/mol. The molecule has 0 saturated carbocycles. The topological polar surface area (TPSA) is 77.9 Å². The van der Waals surface area contributed by atoms with Crippen LogP contribution in [0.1, 0.15) is 83.1 Å². The van der Waals surface area contributed by atoms with Gasteiger partial charge in [0.2, 0.25) is 0 Å². The Kier molecular flexibility index (Phi) is 10.1. The van der Waals surface area contributed by atoms with Gasteiger partial charge in [-0.3, -0.25) is 19.3 Å². The molecule has 34 heavy (non-hydrogen) atoms. The molecule has 3 rings (SSSR count). The summed E-state index contributed by atoms with van der Waals surface area (Å²) >= 11 is 6.76. The van der Waals surface area contributed by atoms with Crippen LogP contribution in [-0.2, 0) is 14.4 Å². The number of rotatable bonds is 14. The maximum atomic E-state index is 13.3. The molecule has 0 atom stereocenters. The molecule has 0 unspecified atom stereocenters. The van der Waals surface area contributed by atoms with Gasteiger partial charge < -0.3 is 10.0 Å². The summed E-state index contributed by atoms with van der Waals surface area (Å²) in [5.74, 6) is -0.968. The Labute approximate surface area is 211 Å². The van der Waals surface area contributed by atoms with Crippen LogP contribution in [0.4, 0.5) is 5.69 Å². The number of carboxylic acid groups (broad SMARTS) is 1. The maximum Gasteiger partial charge on any atom is 0.303 e. The number of hydrogen-bond acceptors (Lipinski definition) is 5. The van der Waals surface area contributed by atoms with Gasteiger partial charge >= 0.3 is 5.97 Å². The third-order valence-electron chi connectivity index (χ3n) is 6.26. The number of thioether (sulfide) groups is 1. The van der Waals surface area contributed by atoms with Crippen LogP contribution in [0.2, 0.25) is 0 Å². The van der Waals surface area contributed by atoms with Crippen molar-refractivity contribution in [2.45, 2.75) is 77.6 Å². The SMILES string of the molecule is CCCCN1C(=O)C(=C2SC(=S)N(CCCCCCCCCCC(=O)O)C2=O)c2ccccc21. The van der Waals surface area contributed by atoms with E-state index in [2.05, 4.69) is 6.92 Å². The van der Waals surface area contributed by atoms with E-state index in [1.165, 1.54) is 11.8 Å². The molecule has 0 spiro atoms. The first-order chi connectivity index (χ1) is 16.5. The van der Waals surface area contributed by atoms with Crippen molar-refractivity contribution in [3.05, 3.63) is 34.7 Å². The maximum absolute atomic E-state index is 13.3. The number of aliphatic carboxylic acids is 1. The van der Waals surface area contributed by atoms with E-state index in [-0.39, 0.29) is 18.2 Å². The van der Waals surface area contributed by atoms with Gasteiger partial charge in [-0.15, -0.1) is 0 Å². The minimum atomic E-state index is -0.721. The van der Waals surface area contributed by atoms with Crippen molar-refractivity contribution >= 4 is 57.3 Å². The van der Waals surface area contributed by atoms with Gasteiger partial charge in [0.1, 0.15) is 4.32 Å². The van der Waals surface area contributed by atoms with Crippen molar-refractivity contribution in [3.63, 3.8) is 0 Å². The Morgan fingerprint density at radius 3 is 2.18 bits per heavy atom. The first-order valence-electron chi connectivity index (χ1n) is 12.4. The highest BCUT2D eigenvalue weighted by atomic mass is 32.2. The Bertz CT molecular complexity index is 960. The Morgan fingerprint density at radius 2 is 1.50 bits per heavy atom. The van der Waals surface area contributed by atoms with E-state index in [1.54, 1.807) is 9.80 Å². The van der Waals surface area contributed by atoms with E-state index in [0.717, 1.165) is 75.5 Å². The van der Waals surface area contributed by atoms with Gasteiger partial charge in [0.25, 0.3) is 11.8 Å². The lowest BCUT2D eigenvalue weighted by atomic mass is 10.1. The number of benzene rings is 1. The molecule has 0 radical (unpaired) electrons. The Balaban J connectivity index is 1.52. The summed E-state index contributed by atoms with van der Waals surface area (Å²) in [7, 11) is 0. The molecule has 1 saturated heterocycles. The summed E-state index contributed by atoms with van der Waals surface area (Å²) in [5, 5.41) is 8.66. The average molecular weight is 503 g/mol. The number of hydrogen-bond donors (Lipinski definition) is 1. The van der Waals surface area contributed by atoms with Crippen LogP contribution >= 0.6 is 24.0 Å². The molecule has 1 N–H and O–H groups in total. The molecule has 2 aliphatic heterocycles. The predicted molar refractivity (Wildman–Crippen MR) is 142 cm³/mol. The number of carbonyl (C=O) groups is 3. The second-order valence-corrected chi connectivity index (χ2v) is 10.5. The zero-order valence-electron chi connectivity index (χ0n) is 19.9. The van der Waals surface area contributed by atoms with E-state index >= 15 is 0 Å². The molecule has 1 aromatic carbocycles. The largest absolute Gasteiger partial charge is 0.481 e. The highest BCUT2D eigenvalue weighted by molar-refractivity contribution is 8.26. The molecule has 2 amide bonds. The minimum Gasteiger partial charge on any atom is -0.481 e. The zero-order valence-corrected chi connectivity index (χ0v) is 21.5. The van der Waals surface area contributed by atoms with E-state index in [0.29, 0.717) is 27.9 Å². The summed E-state index contributed by atoms with van der Waals surface area (Å²) in [5.41, 5.74) is 2.20. The van der Waals surface area contributed by atoms with Crippen molar-refractivity contribution in [3.8, 4) is 0 Å². The number of amides is 2. The summed E-state index contributed by atoms with van der Waals surface area (Å²) in [6.07, 6.45) is 10.2. The van der Waals surface area contributed by atoms with Crippen LogP contribution in [0.25, 0.3) is 5.57 Å². The van der Waals surface area contributed by atoms with Crippen LogP contribution in [0.3, 0.4) is 0 Å². The number of anilines is 1. The van der Waals surface area contributed by atoms with Crippen LogP contribution in [-0.4, -0.2) is 45.2 Å². The smallest absolute Gasteiger partial charge is 0.303 e. The van der Waals surface area contributed by atoms with E-state index in [4.69, 9.17) is 17.3 Å². The Morgan fingerprint density at radius 1 is 0.882 bits per heavy atom. The van der Waals surface area contributed by atoms with Crippen molar-refractivity contribution < 1.29 is 19.5 Å². The van der Waals surface area contributed by atoms with Gasteiger partial charge in [-0.2, -0.15) is 0 Å². The summed E-state index contributed by atoms with van der Waals surface area (Å²) in [6, 6.07) is 7.70. The summed E-state index contributed by atoms with van der Waals surface area (Å²) in [4.78, 5) is 41.0. The second kappa shape index (κ2) is 13.0. The van der Waals surface area contributed by atoms with E-state index in [9.17, 15) is 14.4 Å². The molecule has 1 fully saturated rings. The average Bonchev–Trinajstić information content (AvgIpc) is 3.25. The number of carbonyl (C=O) groups excluding carboxylic acids is 2. The third-order valence-corrected chi connectivity index (χ3v) is 7.71. The normalized spacial score (nSPS) is 17.7. The molecule has 6 nitrogen and oxygen atoms in total. The Hall–Kier alpha value is -2.19. The van der Waals surface area contributed by atoms with Crippen molar-refractivity contribution in [2.75, 3.05) is 18.0 Å². The van der Waals surface area contributed by atoms with Crippen LogP contribution < -0.4 is 4.90 Å². The molecule has 184 valence electrons. The summed E-state index contributed by atoms with van der Waals surface area (Å²) < 4.78 is 0.531. The van der Waals surface area contributed by atoms with Gasteiger partial charge in [-0.25, -0.2) is 0 Å². The zero-order chi connectivity index (χ0) is 24.5. The lowest BCUT2D eigenvalue weighted by Crippen LogP contribution is -2.30. The highest BCUT2D eigenvalue weighted by Crippen LogP contribution is 2.44. The molecule has 0 bridgehead atoms. The molecule has 2 aliphatic rings. The fraction of sp³-hybridized carbons (Fsp3) is 0.538. The van der Waals surface area contributed by atoms with Crippen LogP contribution in [0, 0.1) is 0 Å². The quantitative estimate of drug-likeness (QED) is 0.191. The summed E-state index contributed by atoms with van der Waals surface area (Å²) in [6.45, 7) is 3.33. The van der Waals surface area contributed by atoms with Crippen LogP contribution in [0.5, 0.6) is 0 Å². The lowest BCUT2D eigenvalue weighted by Gasteiger charge is -2.16. The van der Waals surface area contributed by atoms with E-state index < -0.39 is 5.97 Å². The van der Waals surface area contributed by atoms with Crippen molar-refractivity contribution in [1.29, 1.82) is 0 Å². The number of fused-ring (bicyclic) bond motifs is 1. The van der Waals surface area contributed by atoms with Crippen LogP contribution in [0.15, 0.2) is 29.2 Å². The lowest BCUT2D eigenvalue weighted by molar-refractivity contribution is -0.137. The van der Waals surface area contributed by atoms with Crippen molar-refractivity contribution in [1.82, 2.24) is 4.90 Å². The number of nitrogens with zero attached hydrogens (tertiary/aromatic N) is 2. The standard InChI is InChI=1S/C26H34N2O4S2/c1-2-3-17-27-20-15-12-11-14-19(20)22(24(27)31)23-25(32)28(26(33)34-23)18-13-9-7-5-4-6-8-10-16-21(29)30/h11-12,14-15H,2-10,13,16-18H2,1H3,(H,29,30). The molecular formula is C26H34N2O4S2. The first-order valence-corrected chi connectivity index (χ1v) is 13.6. The minimum absolute atomic E-state index is 0.0986. The second-order valence-electron chi connectivity index (χ2n) is 8.83. The number of unbranched alkanes of at least 4 members (excludes halogenated alkanes) is 8. The fourth-order valence-corrected chi connectivity index (χ4v) is 5.77. The molecule has 1 aromatic rings. The third kappa shape index (κ3) is 6.48. The number of para-hydroxylation sites is 1. The number of carboxylic acids is 1.